The third kappa shape index (κ3) is 2.06. The lowest BCUT2D eigenvalue weighted by Crippen LogP contribution is -2.10. The number of hydrogen-bond donors (Lipinski definition) is 1. The molecular formula is C12H14N4O. The number of pyridine rings is 1. The van der Waals surface area contributed by atoms with Gasteiger partial charge in [-0.25, -0.2) is 14.6 Å². The zero-order valence-electron chi connectivity index (χ0n) is 9.45. The molecule has 2 aromatic heterocycles. The van der Waals surface area contributed by atoms with Gasteiger partial charge in [0.05, 0.1) is 0 Å². The van der Waals surface area contributed by atoms with Crippen molar-refractivity contribution in [3.8, 4) is 5.82 Å². The normalized spacial score (nSPS) is 17.0. The molecule has 0 amide bonds. The molecule has 1 fully saturated rings. The number of rotatable bonds is 4. The first-order chi connectivity index (χ1) is 8.31. The van der Waals surface area contributed by atoms with E-state index in [1.807, 2.05) is 18.3 Å². The number of aliphatic hydroxyl groups excluding tert-OH is 1. The fraction of sp³-hybridized carbons (Fsp3) is 0.417. The molecule has 0 atom stereocenters. The van der Waals surface area contributed by atoms with E-state index in [9.17, 15) is 5.11 Å². The Bertz CT molecular complexity index is 488. The van der Waals surface area contributed by atoms with Crippen LogP contribution in [0.5, 0.6) is 0 Å². The molecule has 1 aliphatic carbocycles. The summed E-state index contributed by atoms with van der Waals surface area (Å²) in [5, 5.41) is 13.3. The molecule has 3 rings (SSSR count). The predicted molar refractivity (Wildman–Crippen MR) is 61.6 cm³/mol. The smallest absolute Gasteiger partial charge is 0.155 e. The van der Waals surface area contributed by atoms with E-state index in [-0.39, 0.29) is 12.0 Å². The quantitative estimate of drug-likeness (QED) is 0.850. The molecule has 1 N–H and O–H groups in total. The monoisotopic (exact) mass is 230 g/mol. The molecule has 0 saturated heterocycles. The van der Waals surface area contributed by atoms with Crippen LogP contribution < -0.4 is 0 Å². The molecule has 1 aliphatic rings. The van der Waals surface area contributed by atoms with Crippen molar-refractivity contribution in [3.05, 3.63) is 36.5 Å². The first-order valence-corrected chi connectivity index (χ1v) is 5.72. The molecule has 17 heavy (non-hydrogen) atoms. The molecule has 0 radical (unpaired) electrons. The van der Waals surface area contributed by atoms with Crippen molar-refractivity contribution >= 4 is 0 Å². The summed E-state index contributed by atoms with van der Waals surface area (Å²) in [5.41, 5.74) is 1.30. The van der Waals surface area contributed by atoms with Crippen molar-refractivity contribution in [1.29, 1.82) is 0 Å². The number of aliphatic hydroxyl groups is 1. The molecule has 0 unspecified atom stereocenters. The van der Waals surface area contributed by atoms with E-state index in [0.29, 0.717) is 0 Å². The van der Waals surface area contributed by atoms with E-state index < -0.39 is 0 Å². The van der Waals surface area contributed by atoms with Crippen molar-refractivity contribution in [2.45, 2.75) is 19.3 Å². The highest BCUT2D eigenvalue weighted by Crippen LogP contribution is 2.47. The fourth-order valence-electron chi connectivity index (χ4n) is 1.98. The van der Waals surface area contributed by atoms with Crippen molar-refractivity contribution in [3.63, 3.8) is 0 Å². The molecule has 0 spiro atoms. The van der Waals surface area contributed by atoms with Gasteiger partial charge in [0.1, 0.15) is 12.7 Å². The van der Waals surface area contributed by atoms with Gasteiger partial charge in [-0.15, -0.1) is 0 Å². The van der Waals surface area contributed by atoms with E-state index in [4.69, 9.17) is 0 Å². The minimum Gasteiger partial charge on any atom is -0.396 e. The molecule has 0 aliphatic heterocycles. The summed E-state index contributed by atoms with van der Waals surface area (Å²) in [6.45, 7) is 0.276. The molecule has 0 bridgehead atoms. The van der Waals surface area contributed by atoms with Crippen molar-refractivity contribution in [2.75, 3.05) is 6.61 Å². The first kappa shape index (κ1) is 10.4. The zero-order chi connectivity index (χ0) is 11.7. The van der Waals surface area contributed by atoms with Gasteiger partial charge < -0.3 is 5.11 Å². The van der Waals surface area contributed by atoms with Gasteiger partial charge >= 0.3 is 0 Å². The lowest BCUT2D eigenvalue weighted by Gasteiger charge is -2.11. The summed E-state index contributed by atoms with van der Waals surface area (Å²) in [5.74, 6) is 0.764. The maximum atomic E-state index is 9.28. The van der Waals surface area contributed by atoms with Gasteiger partial charge in [0.2, 0.25) is 0 Å². The predicted octanol–water partition coefficient (Wildman–Crippen LogP) is 0.977. The van der Waals surface area contributed by atoms with E-state index in [0.717, 1.165) is 25.1 Å². The first-order valence-electron chi connectivity index (χ1n) is 5.72. The Morgan fingerprint density at radius 1 is 1.35 bits per heavy atom. The van der Waals surface area contributed by atoms with Gasteiger partial charge in [-0.3, -0.25) is 0 Å². The minimum absolute atomic E-state index is 0.135. The molecular weight excluding hydrogens is 216 g/mol. The largest absolute Gasteiger partial charge is 0.396 e. The summed E-state index contributed by atoms with van der Waals surface area (Å²) in [6, 6.07) is 3.97. The molecule has 5 nitrogen and oxygen atoms in total. The molecule has 88 valence electrons. The maximum Gasteiger partial charge on any atom is 0.155 e. The highest BCUT2D eigenvalue weighted by Gasteiger charge is 2.41. The Morgan fingerprint density at radius 2 is 2.24 bits per heavy atom. The molecule has 2 aromatic rings. The van der Waals surface area contributed by atoms with Gasteiger partial charge in [-0.2, -0.15) is 5.10 Å². The second-order valence-corrected chi connectivity index (χ2v) is 4.70. The van der Waals surface area contributed by atoms with Crippen LogP contribution in [0.15, 0.2) is 31.0 Å². The van der Waals surface area contributed by atoms with Crippen LogP contribution in [-0.2, 0) is 6.42 Å². The van der Waals surface area contributed by atoms with Crippen LogP contribution in [0, 0.1) is 5.41 Å². The van der Waals surface area contributed by atoms with Crippen molar-refractivity contribution in [1.82, 2.24) is 19.7 Å². The van der Waals surface area contributed by atoms with Crippen LogP contribution in [-0.4, -0.2) is 31.5 Å². The summed E-state index contributed by atoms with van der Waals surface area (Å²) in [6.07, 6.45) is 8.11. The van der Waals surface area contributed by atoms with Gasteiger partial charge in [0.25, 0.3) is 0 Å². The van der Waals surface area contributed by atoms with Crippen molar-refractivity contribution < 1.29 is 5.11 Å². The van der Waals surface area contributed by atoms with E-state index >= 15 is 0 Å². The maximum absolute atomic E-state index is 9.28. The van der Waals surface area contributed by atoms with Crippen LogP contribution in [0.25, 0.3) is 5.82 Å². The summed E-state index contributed by atoms with van der Waals surface area (Å²) in [4.78, 5) is 8.23. The van der Waals surface area contributed by atoms with Crippen LogP contribution in [0.3, 0.4) is 0 Å². The molecule has 5 heteroatoms. The highest BCUT2D eigenvalue weighted by molar-refractivity contribution is 5.25. The third-order valence-electron chi connectivity index (χ3n) is 3.33. The fourth-order valence-corrected chi connectivity index (χ4v) is 1.98. The SMILES string of the molecule is OCC1(Cc2ccc(-n3cncn3)nc2)CC1. The van der Waals surface area contributed by atoms with Crippen LogP contribution in [0.1, 0.15) is 18.4 Å². The molecule has 1 saturated carbocycles. The van der Waals surface area contributed by atoms with E-state index in [2.05, 4.69) is 15.1 Å². The van der Waals surface area contributed by atoms with Gasteiger partial charge in [-0.05, 0) is 36.3 Å². The Labute approximate surface area is 99.1 Å². The lowest BCUT2D eigenvalue weighted by molar-refractivity contribution is 0.211. The summed E-state index contributed by atoms with van der Waals surface area (Å²) in [7, 11) is 0. The summed E-state index contributed by atoms with van der Waals surface area (Å²) >= 11 is 0. The third-order valence-corrected chi connectivity index (χ3v) is 3.33. The minimum atomic E-state index is 0.135. The Hall–Kier alpha value is -1.75. The van der Waals surface area contributed by atoms with E-state index in [1.165, 1.54) is 11.9 Å². The number of nitrogens with zero attached hydrogens (tertiary/aromatic N) is 4. The van der Waals surface area contributed by atoms with Crippen LogP contribution >= 0.6 is 0 Å². The topological polar surface area (TPSA) is 63.8 Å². The van der Waals surface area contributed by atoms with Crippen LogP contribution in [0.2, 0.25) is 0 Å². The number of aromatic nitrogens is 4. The molecule has 2 heterocycles. The van der Waals surface area contributed by atoms with Gasteiger partial charge in [0, 0.05) is 12.8 Å². The highest BCUT2D eigenvalue weighted by atomic mass is 16.3. The van der Waals surface area contributed by atoms with Crippen molar-refractivity contribution in [2.24, 2.45) is 5.41 Å². The van der Waals surface area contributed by atoms with E-state index in [1.54, 1.807) is 11.0 Å². The van der Waals surface area contributed by atoms with Gasteiger partial charge in [0.15, 0.2) is 5.82 Å². The molecule has 0 aromatic carbocycles. The summed E-state index contributed by atoms with van der Waals surface area (Å²) < 4.78 is 1.63. The second kappa shape index (κ2) is 3.92. The zero-order valence-corrected chi connectivity index (χ0v) is 9.45. The average molecular weight is 230 g/mol. The lowest BCUT2D eigenvalue weighted by atomic mass is 9.99. The van der Waals surface area contributed by atoms with Gasteiger partial charge in [-0.1, -0.05) is 6.07 Å². The Morgan fingerprint density at radius 3 is 2.76 bits per heavy atom. The van der Waals surface area contributed by atoms with Crippen LogP contribution in [0.4, 0.5) is 0 Å². The average Bonchev–Trinajstić information content (AvgIpc) is 2.92. The standard InChI is InChI=1S/C12H14N4O/c17-7-12(3-4-12)5-10-1-2-11(14-6-10)16-9-13-8-15-16/h1-2,6,8-9,17H,3-5,7H2. The Kier molecular flexibility index (Phi) is 2.40. The number of hydrogen-bond acceptors (Lipinski definition) is 4. The Balaban J connectivity index is 1.76. The second-order valence-electron chi connectivity index (χ2n) is 4.70.